The highest BCUT2D eigenvalue weighted by molar-refractivity contribution is 9.10. The Kier molecular flexibility index (Phi) is 4.49. The summed E-state index contributed by atoms with van der Waals surface area (Å²) in [4.78, 5) is 12.0. The number of hydrogen-bond donors (Lipinski definition) is 1. The molecular formula is C9H8Br2OS. The van der Waals surface area contributed by atoms with Gasteiger partial charge in [0.05, 0.1) is 5.33 Å². The fourth-order valence-corrected chi connectivity index (χ4v) is 1.98. The molecule has 70 valence electrons. The van der Waals surface area contributed by atoms with Crippen LogP contribution < -0.4 is 0 Å². The first kappa shape index (κ1) is 11.3. The van der Waals surface area contributed by atoms with Gasteiger partial charge in [-0.25, -0.2) is 0 Å². The number of halogens is 2. The minimum Gasteiger partial charge on any atom is -0.298 e. The van der Waals surface area contributed by atoms with Crippen molar-refractivity contribution in [1.29, 1.82) is 0 Å². The highest BCUT2D eigenvalue weighted by Gasteiger charge is 2.04. The van der Waals surface area contributed by atoms with Crippen LogP contribution in [0.2, 0.25) is 0 Å². The Labute approximate surface area is 99.6 Å². The molecule has 0 aliphatic carbocycles. The molecule has 0 amide bonds. The Hall–Kier alpha value is 0.200. The normalized spacial score (nSPS) is 10.1. The van der Waals surface area contributed by atoms with E-state index in [2.05, 4.69) is 44.5 Å². The van der Waals surface area contributed by atoms with E-state index >= 15 is 0 Å². The average molecular weight is 324 g/mol. The Morgan fingerprint density at radius 3 is 2.69 bits per heavy atom. The Morgan fingerprint density at radius 1 is 1.46 bits per heavy atom. The summed E-state index contributed by atoms with van der Waals surface area (Å²) in [6.07, 6.45) is 0.442. The third-order valence-electron chi connectivity index (χ3n) is 1.58. The van der Waals surface area contributed by atoms with Crippen molar-refractivity contribution in [1.82, 2.24) is 0 Å². The van der Waals surface area contributed by atoms with Gasteiger partial charge >= 0.3 is 0 Å². The van der Waals surface area contributed by atoms with Crippen LogP contribution in [0.1, 0.15) is 5.56 Å². The van der Waals surface area contributed by atoms with Crippen LogP contribution >= 0.6 is 44.5 Å². The molecule has 0 aliphatic heterocycles. The number of hydrogen-bond acceptors (Lipinski definition) is 2. The van der Waals surface area contributed by atoms with Crippen LogP contribution in [-0.2, 0) is 11.2 Å². The van der Waals surface area contributed by atoms with Gasteiger partial charge < -0.3 is 0 Å². The largest absolute Gasteiger partial charge is 0.298 e. The lowest BCUT2D eigenvalue weighted by molar-refractivity contribution is -0.115. The molecule has 1 aromatic carbocycles. The Balaban J connectivity index is 2.83. The first-order valence-electron chi connectivity index (χ1n) is 3.68. The fraction of sp³-hybridized carbons (Fsp3) is 0.222. The number of benzene rings is 1. The second-order valence-electron chi connectivity index (χ2n) is 2.62. The quantitative estimate of drug-likeness (QED) is 0.667. The number of carbonyl (C=O) groups is 1. The summed E-state index contributed by atoms with van der Waals surface area (Å²) >= 11 is 10.7. The van der Waals surface area contributed by atoms with E-state index in [4.69, 9.17) is 0 Å². The molecule has 13 heavy (non-hydrogen) atoms. The molecule has 0 radical (unpaired) electrons. The van der Waals surface area contributed by atoms with Crippen molar-refractivity contribution < 1.29 is 4.79 Å². The van der Waals surface area contributed by atoms with Gasteiger partial charge in [-0.1, -0.05) is 37.9 Å². The maximum atomic E-state index is 11.1. The van der Waals surface area contributed by atoms with Crippen LogP contribution in [-0.4, -0.2) is 11.1 Å². The van der Waals surface area contributed by atoms with E-state index < -0.39 is 0 Å². The fourth-order valence-electron chi connectivity index (χ4n) is 0.946. The number of carbonyl (C=O) groups excluding carboxylic acids is 1. The molecule has 0 aromatic heterocycles. The lowest BCUT2D eigenvalue weighted by atomic mass is 10.1. The highest BCUT2D eigenvalue weighted by Crippen LogP contribution is 2.20. The second-order valence-corrected chi connectivity index (χ2v) is 4.58. The molecule has 0 atom stereocenters. The first-order valence-corrected chi connectivity index (χ1v) is 6.04. The van der Waals surface area contributed by atoms with Gasteiger partial charge in [0.15, 0.2) is 0 Å². The Bertz CT molecular complexity index is 325. The standard InChI is InChI=1S/C9H8Br2OS/c10-5-8(12)3-6-1-2-7(11)4-9(6)13/h1-2,4,13H,3,5H2. The average Bonchev–Trinajstić information content (AvgIpc) is 2.09. The molecule has 1 rings (SSSR count). The summed E-state index contributed by atoms with van der Waals surface area (Å²) in [5, 5.41) is 0.399. The zero-order valence-electron chi connectivity index (χ0n) is 6.76. The van der Waals surface area contributed by atoms with Gasteiger partial charge in [-0.3, -0.25) is 4.79 Å². The number of Topliss-reactive ketones (excluding diaryl/α,β-unsaturated/α-hetero) is 1. The Morgan fingerprint density at radius 2 is 2.15 bits per heavy atom. The zero-order valence-corrected chi connectivity index (χ0v) is 10.8. The van der Waals surface area contributed by atoms with Gasteiger partial charge in [-0.05, 0) is 17.7 Å². The number of thiol groups is 1. The molecule has 0 saturated carbocycles. The van der Waals surface area contributed by atoms with E-state index in [9.17, 15) is 4.79 Å². The summed E-state index contributed by atoms with van der Waals surface area (Å²) in [5.74, 6) is 0.164. The zero-order chi connectivity index (χ0) is 9.84. The van der Waals surface area contributed by atoms with Crippen LogP contribution in [0.4, 0.5) is 0 Å². The maximum Gasteiger partial charge on any atom is 0.147 e. The van der Waals surface area contributed by atoms with Crippen molar-refractivity contribution in [3.8, 4) is 0 Å². The van der Waals surface area contributed by atoms with Crippen molar-refractivity contribution in [2.24, 2.45) is 0 Å². The molecule has 0 heterocycles. The van der Waals surface area contributed by atoms with Gasteiger partial charge in [0, 0.05) is 15.8 Å². The minimum atomic E-state index is 0.164. The third kappa shape index (κ3) is 3.44. The second kappa shape index (κ2) is 5.17. The molecule has 0 aliphatic rings. The molecule has 4 heteroatoms. The van der Waals surface area contributed by atoms with Crippen LogP contribution in [0.25, 0.3) is 0 Å². The van der Waals surface area contributed by atoms with Crippen molar-refractivity contribution >= 4 is 50.3 Å². The molecule has 0 fully saturated rings. The van der Waals surface area contributed by atoms with E-state index in [0.29, 0.717) is 11.8 Å². The van der Waals surface area contributed by atoms with Crippen molar-refractivity contribution in [2.75, 3.05) is 5.33 Å². The van der Waals surface area contributed by atoms with E-state index in [0.717, 1.165) is 14.9 Å². The SMILES string of the molecule is O=C(CBr)Cc1ccc(Br)cc1S. The molecule has 0 saturated heterocycles. The van der Waals surface area contributed by atoms with Gasteiger partial charge in [0.25, 0.3) is 0 Å². The molecule has 1 aromatic rings. The van der Waals surface area contributed by atoms with Gasteiger partial charge in [0.1, 0.15) is 5.78 Å². The van der Waals surface area contributed by atoms with Gasteiger partial charge in [-0.2, -0.15) is 0 Å². The summed E-state index contributed by atoms with van der Waals surface area (Å²) < 4.78 is 0.979. The lowest BCUT2D eigenvalue weighted by Crippen LogP contribution is -2.03. The molecule has 0 spiro atoms. The van der Waals surface area contributed by atoms with Gasteiger partial charge in [0.2, 0.25) is 0 Å². The number of ketones is 1. The van der Waals surface area contributed by atoms with Gasteiger partial charge in [-0.15, -0.1) is 12.6 Å². The van der Waals surface area contributed by atoms with E-state index in [1.165, 1.54) is 0 Å². The monoisotopic (exact) mass is 322 g/mol. The minimum absolute atomic E-state index is 0.164. The predicted octanol–water partition coefficient (Wildman–Crippen LogP) is 3.24. The van der Waals surface area contributed by atoms with Crippen LogP contribution in [0.3, 0.4) is 0 Å². The van der Waals surface area contributed by atoms with E-state index in [1.54, 1.807) is 0 Å². The van der Waals surface area contributed by atoms with E-state index in [1.807, 2.05) is 18.2 Å². The lowest BCUT2D eigenvalue weighted by Gasteiger charge is -2.03. The molecule has 0 N–H and O–H groups in total. The molecule has 1 nitrogen and oxygen atoms in total. The smallest absolute Gasteiger partial charge is 0.147 e. The van der Waals surface area contributed by atoms with Crippen LogP contribution in [0.5, 0.6) is 0 Å². The predicted molar refractivity (Wildman–Crippen MR) is 63.9 cm³/mol. The number of alkyl halides is 1. The maximum absolute atomic E-state index is 11.1. The topological polar surface area (TPSA) is 17.1 Å². The molecular weight excluding hydrogens is 316 g/mol. The molecule has 0 unspecified atom stereocenters. The summed E-state index contributed by atoms with van der Waals surface area (Å²) in [5.41, 5.74) is 0.969. The van der Waals surface area contributed by atoms with Crippen LogP contribution in [0, 0.1) is 0 Å². The number of rotatable bonds is 3. The summed E-state index contributed by atoms with van der Waals surface area (Å²) in [7, 11) is 0. The molecule has 0 bridgehead atoms. The van der Waals surface area contributed by atoms with Crippen molar-refractivity contribution in [3.05, 3.63) is 28.2 Å². The van der Waals surface area contributed by atoms with Crippen molar-refractivity contribution in [2.45, 2.75) is 11.3 Å². The summed E-state index contributed by atoms with van der Waals surface area (Å²) in [6.45, 7) is 0. The van der Waals surface area contributed by atoms with Crippen LogP contribution in [0.15, 0.2) is 27.6 Å². The third-order valence-corrected chi connectivity index (χ3v) is 3.12. The van der Waals surface area contributed by atoms with E-state index in [-0.39, 0.29) is 5.78 Å². The highest BCUT2D eigenvalue weighted by atomic mass is 79.9. The first-order chi connectivity index (χ1) is 6.13. The van der Waals surface area contributed by atoms with Crippen molar-refractivity contribution in [3.63, 3.8) is 0 Å². The summed E-state index contributed by atoms with van der Waals surface area (Å²) in [6, 6.07) is 5.71.